The fraction of sp³-hybridized carbons (Fsp3) is 0.600. The Kier molecular flexibility index (Phi) is 6.76. The summed E-state index contributed by atoms with van der Waals surface area (Å²) in [6, 6.07) is 0. The van der Waals surface area contributed by atoms with Crippen molar-refractivity contribution >= 4 is 23.6 Å². The van der Waals surface area contributed by atoms with Gasteiger partial charge >= 0.3 is 0 Å². The van der Waals surface area contributed by atoms with E-state index in [-0.39, 0.29) is 12.8 Å². The van der Waals surface area contributed by atoms with Crippen LogP contribution in [0.2, 0.25) is 0 Å². The summed E-state index contributed by atoms with van der Waals surface area (Å²) in [7, 11) is 0. The van der Waals surface area contributed by atoms with Crippen molar-refractivity contribution in [1.29, 1.82) is 0 Å². The fourth-order valence-corrected chi connectivity index (χ4v) is 1.14. The Labute approximate surface area is 105 Å². The second-order valence-corrected chi connectivity index (χ2v) is 3.77. The van der Waals surface area contributed by atoms with E-state index in [4.69, 9.17) is 11.7 Å². The Morgan fingerprint density at radius 1 is 0.778 bits per heavy atom. The number of hydrogen-bond donors (Lipinski definition) is 2. The lowest BCUT2D eigenvalue weighted by Crippen LogP contribution is -2.41. The molecule has 8 heteroatoms. The molecule has 0 bridgehead atoms. The molecule has 0 atom stereocenters. The molecule has 0 aliphatic carbocycles. The van der Waals surface area contributed by atoms with Crippen molar-refractivity contribution in [2.45, 2.75) is 39.5 Å². The summed E-state index contributed by atoms with van der Waals surface area (Å²) < 4.78 is 0. The second-order valence-electron chi connectivity index (χ2n) is 3.77. The van der Waals surface area contributed by atoms with Gasteiger partial charge in [0.15, 0.2) is 0 Å². The van der Waals surface area contributed by atoms with E-state index in [1.807, 2.05) is 0 Å². The van der Waals surface area contributed by atoms with Crippen LogP contribution < -0.4 is 11.7 Å². The van der Waals surface area contributed by atoms with Gasteiger partial charge in [0.05, 0.1) is 0 Å². The summed E-state index contributed by atoms with van der Waals surface area (Å²) in [5, 5.41) is 1.07. The van der Waals surface area contributed by atoms with E-state index in [1.54, 1.807) is 0 Å². The van der Waals surface area contributed by atoms with Crippen molar-refractivity contribution in [1.82, 2.24) is 10.0 Å². The molecular formula is C10H18N4O4. The molecule has 4 N–H and O–H groups in total. The predicted octanol–water partition coefficient (Wildman–Crippen LogP) is -0.956. The van der Waals surface area contributed by atoms with Crippen LogP contribution in [0.4, 0.5) is 0 Å². The molecule has 0 rings (SSSR count). The fourth-order valence-electron chi connectivity index (χ4n) is 1.14. The summed E-state index contributed by atoms with van der Waals surface area (Å²) in [4.78, 5) is 44.1. The second kappa shape index (κ2) is 7.51. The van der Waals surface area contributed by atoms with Crippen molar-refractivity contribution in [2.75, 3.05) is 0 Å². The van der Waals surface area contributed by atoms with Crippen LogP contribution in [0, 0.1) is 0 Å². The predicted molar refractivity (Wildman–Crippen MR) is 61.9 cm³/mol. The molecule has 0 radical (unpaired) electrons. The largest absolute Gasteiger partial charge is 0.273 e. The standard InChI is InChI=1S/C10H18N4O4/c1-7(15)13(11)9(17)5-3-4-6-10(18)14(12)8(2)16/h3-6,11-12H2,1-2H3. The summed E-state index contributed by atoms with van der Waals surface area (Å²) in [6.45, 7) is 2.36. The Morgan fingerprint density at radius 3 is 1.28 bits per heavy atom. The van der Waals surface area contributed by atoms with E-state index >= 15 is 0 Å². The molecule has 0 aromatic rings. The van der Waals surface area contributed by atoms with Crippen LogP contribution in [0.25, 0.3) is 0 Å². The normalized spacial score (nSPS) is 9.78. The third kappa shape index (κ3) is 5.51. The van der Waals surface area contributed by atoms with Gasteiger partial charge in [-0.15, -0.1) is 0 Å². The smallest absolute Gasteiger partial charge is 0.243 e. The van der Waals surface area contributed by atoms with Gasteiger partial charge < -0.3 is 0 Å². The monoisotopic (exact) mass is 258 g/mol. The first-order chi connectivity index (χ1) is 8.27. The number of nitrogens with zero attached hydrogens (tertiary/aromatic N) is 2. The molecule has 4 amide bonds. The number of unbranched alkanes of at least 4 members (excludes halogenated alkanes) is 1. The van der Waals surface area contributed by atoms with Gasteiger partial charge in [0.25, 0.3) is 0 Å². The molecular weight excluding hydrogens is 240 g/mol. The van der Waals surface area contributed by atoms with E-state index in [9.17, 15) is 19.2 Å². The molecule has 0 aliphatic rings. The zero-order valence-electron chi connectivity index (χ0n) is 10.5. The van der Waals surface area contributed by atoms with Crippen molar-refractivity contribution in [3.8, 4) is 0 Å². The lowest BCUT2D eigenvalue weighted by molar-refractivity contribution is -0.146. The number of hydrazine groups is 2. The number of hydrogen-bond acceptors (Lipinski definition) is 6. The average Bonchev–Trinajstić information content (AvgIpc) is 2.31. The first-order valence-corrected chi connectivity index (χ1v) is 5.43. The minimum Gasteiger partial charge on any atom is -0.273 e. The van der Waals surface area contributed by atoms with Gasteiger partial charge in [-0.3, -0.25) is 19.2 Å². The van der Waals surface area contributed by atoms with Gasteiger partial charge in [0.1, 0.15) is 0 Å². The Hall–Kier alpha value is -1.80. The van der Waals surface area contributed by atoms with Crippen LogP contribution in [0.3, 0.4) is 0 Å². The van der Waals surface area contributed by atoms with Crippen molar-refractivity contribution in [3.63, 3.8) is 0 Å². The van der Waals surface area contributed by atoms with Crippen LogP contribution in [-0.4, -0.2) is 33.6 Å². The minimum absolute atomic E-state index is 0.0635. The highest BCUT2D eigenvalue weighted by Gasteiger charge is 2.15. The lowest BCUT2D eigenvalue weighted by Gasteiger charge is -2.13. The Bertz CT molecular complexity index is 322. The number of rotatable bonds is 5. The zero-order chi connectivity index (χ0) is 14.3. The highest BCUT2D eigenvalue weighted by atomic mass is 16.2. The summed E-state index contributed by atoms with van der Waals surface area (Å²) in [5.74, 6) is 8.27. The molecule has 0 saturated heterocycles. The lowest BCUT2D eigenvalue weighted by atomic mass is 10.1. The van der Waals surface area contributed by atoms with Gasteiger partial charge in [-0.1, -0.05) is 0 Å². The molecule has 0 aromatic carbocycles. The maximum absolute atomic E-state index is 11.3. The topological polar surface area (TPSA) is 127 Å². The quantitative estimate of drug-likeness (QED) is 0.283. The molecule has 0 aromatic heterocycles. The molecule has 0 unspecified atom stereocenters. The van der Waals surface area contributed by atoms with E-state index in [0.29, 0.717) is 22.9 Å². The molecule has 8 nitrogen and oxygen atoms in total. The molecule has 102 valence electrons. The maximum Gasteiger partial charge on any atom is 0.243 e. The number of carbonyl (C=O) groups is 4. The van der Waals surface area contributed by atoms with Crippen molar-refractivity contribution in [3.05, 3.63) is 0 Å². The summed E-state index contributed by atoms with van der Waals surface area (Å²) in [5.41, 5.74) is 0. The molecule has 0 aliphatic heterocycles. The van der Waals surface area contributed by atoms with Crippen molar-refractivity contribution in [2.24, 2.45) is 11.7 Å². The average molecular weight is 258 g/mol. The van der Waals surface area contributed by atoms with Crippen LogP contribution in [0.5, 0.6) is 0 Å². The first-order valence-electron chi connectivity index (χ1n) is 5.43. The number of amides is 4. The third-order valence-corrected chi connectivity index (χ3v) is 2.25. The SMILES string of the molecule is CC(=O)N(N)C(=O)CCCCC(=O)N(N)C(C)=O. The highest BCUT2D eigenvalue weighted by molar-refractivity contribution is 5.94. The highest BCUT2D eigenvalue weighted by Crippen LogP contribution is 2.03. The third-order valence-electron chi connectivity index (χ3n) is 2.25. The number of nitrogens with two attached hydrogens (primary N) is 2. The van der Waals surface area contributed by atoms with Crippen LogP contribution in [-0.2, 0) is 19.2 Å². The Balaban J connectivity index is 3.88. The molecule has 0 heterocycles. The van der Waals surface area contributed by atoms with Crippen LogP contribution in [0.1, 0.15) is 39.5 Å². The van der Waals surface area contributed by atoms with Gasteiger partial charge in [-0.25, -0.2) is 21.7 Å². The summed E-state index contributed by atoms with van der Waals surface area (Å²) >= 11 is 0. The van der Waals surface area contributed by atoms with Gasteiger partial charge in [-0.05, 0) is 12.8 Å². The van der Waals surface area contributed by atoms with Gasteiger partial charge in [-0.2, -0.15) is 0 Å². The van der Waals surface area contributed by atoms with Gasteiger partial charge in [0, 0.05) is 26.7 Å². The number of carbonyl (C=O) groups excluding carboxylic acids is 4. The molecule has 0 spiro atoms. The van der Waals surface area contributed by atoms with E-state index in [1.165, 1.54) is 13.8 Å². The Morgan fingerprint density at radius 2 is 1.06 bits per heavy atom. The molecule has 0 fully saturated rings. The number of imide groups is 2. The van der Waals surface area contributed by atoms with E-state index < -0.39 is 23.6 Å². The zero-order valence-corrected chi connectivity index (χ0v) is 10.5. The molecule has 18 heavy (non-hydrogen) atoms. The first kappa shape index (κ1) is 16.2. The van der Waals surface area contributed by atoms with E-state index in [2.05, 4.69) is 0 Å². The maximum atomic E-state index is 11.3. The minimum atomic E-state index is -0.541. The summed E-state index contributed by atoms with van der Waals surface area (Å²) in [6.07, 6.45) is 0.899. The van der Waals surface area contributed by atoms with Crippen molar-refractivity contribution < 1.29 is 19.2 Å². The van der Waals surface area contributed by atoms with Crippen LogP contribution in [0.15, 0.2) is 0 Å². The van der Waals surface area contributed by atoms with Crippen LogP contribution >= 0.6 is 0 Å². The van der Waals surface area contributed by atoms with Gasteiger partial charge in [0.2, 0.25) is 23.6 Å². The molecule has 0 saturated carbocycles. The van der Waals surface area contributed by atoms with E-state index in [0.717, 1.165) is 0 Å².